The molecule has 1 fully saturated rings. The highest BCUT2D eigenvalue weighted by atomic mass is 32.2. The van der Waals surface area contributed by atoms with Crippen LogP contribution in [0.5, 0.6) is 0 Å². The predicted molar refractivity (Wildman–Crippen MR) is 48.5 cm³/mol. The molecule has 2 N–H and O–H groups in total. The van der Waals surface area contributed by atoms with Crippen molar-refractivity contribution >= 4 is 10.0 Å². The van der Waals surface area contributed by atoms with Crippen molar-refractivity contribution in [2.75, 3.05) is 13.1 Å². The lowest BCUT2D eigenvalue weighted by Gasteiger charge is -2.29. The van der Waals surface area contributed by atoms with Gasteiger partial charge in [0.2, 0.25) is 0 Å². The van der Waals surface area contributed by atoms with Crippen molar-refractivity contribution in [3.05, 3.63) is 0 Å². The molecule has 0 aromatic heterocycles. The summed E-state index contributed by atoms with van der Waals surface area (Å²) in [6, 6.07) is -0.428. The second kappa shape index (κ2) is 4.50. The van der Waals surface area contributed by atoms with Gasteiger partial charge in [0.05, 0.1) is 0 Å². The third-order valence-electron chi connectivity index (χ3n) is 2.38. The molecule has 84 valence electrons. The van der Waals surface area contributed by atoms with Gasteiger partial charge in [-0.25, -0.2) is 13.1 Å². The quantitative estimate of drug-likeness (QED) is 0.721. The fourth-order valence-corrected chi connectivity index (χ4v) is 2.25. The predicted octanol–water partition coefficient (Wildman–Crippen LogP) is 0.126. The molecule has 0 aliphatic carbocycles. The van der Waals surface area contributed by atoms with Gasteiger partial charge in [0.1, 0.15) is 0 Å². The van der Waals surface area contributed by atoms with Crippen molar-refractivity contribution < 1.29 is 17.2 Å². The topological polar surface area (TPSA) is 58.2 Å². The Kier molecular flexibility index (Phi) is 3.79. The van der Waals surface area contributed by atoms with E-state index >= 15 is 0 Å². The maximum absolute atomic E-state index is 12.0. The van der Waals surface area contributed by atoms with E-state index in [0.717, 1.165) is 13.0 Å². The average Bonchev–Trinajstić information content (AvgIpc) is 2.08. The number of alkyl halides is 2. The second-order valence-corrected chi connectivity index (χ2v) is 5.18. The first-order valence-electron chi connectivity index (χ1n) is 4.43. The molecule has 0 aromatic carbocycles. The summed E-state index contributed by atoms with van der Waals surface area (Å²) in [6.07, 6.45) is 0.788. The Bertz CT molecular complexity index is 281. The van der Waals surface area contributed by atoms with Gasteiger partial charge in [-0.1, -0.05) is 6.92 Å². The Morgan fingerprint density at radius 2 is 2.14 bits per heavy atom. The van der Waals surface area contributed by atoms with E-state index in [0.29, 0.717) is 6.54 Å². The summed E-state index contributed by atoms with van der Waals surface area (Å²) in [5, 5.41) is 2.95. The molecule has 0 spiro atoms. The van der Waals surface area contributed by atoms with Gasteiger partial charge in [-0.3, -0.25) is 0 Å². The van der Waals surface area contributed by atoms with Gasteiger partial charge in [0, 0.05) is 12.6 Å². The van der Waals surface area contributed by atoms with E-state index in [1.54, 1.807) is 0 Å². The number of rotatable bonds is 3. The maximum Gasteiger partial charge on any atom is 0.350 e. The molecule has 2 atom stereocenters. The van der Waals surface area contributed by atoms with Crippen LogP contribution < -0.4 is 10.0 Å². The van der Waals surface area contributed by atoms with E-state index in [2.05, 4.69) is 5.32 Å². The van der Waals surface area contributed by atoms with E-state index in [9.17, 15) is 17.2 Å². The molecule has 1 aliphatic rings. The Labute approximate surface area is 82.1 Å². The minimum atomic E-state index is -4.45. The molecule has 0 saturated carbocycles. The van der Waals surface area contributed by atoms with Gasteiger partial charge in [0.25, 0.3) is 10.0 Å². The van der Waals surface area contributed by atoms with Crippen LogP contribution in [0, 0.1) is 5.92 Å². The van der Waals surface area contributed by atoms with Crippen LogP contribution in [-0.4, -0.2) is 33.3 Å². The molecule has 1 aliphatic heterocycles. The van der Waals surface area contributed by atoms with Crippen LogP contribution in [0.15, 0.2) is 0 Å². The maximum atomic E-state index is 12.0. The molecule has 7 heteroatoms. The molecule has 2 unspecified atom stereocenters. The van der Waals surface area contributed by atoms with Crippen molar-refractivity contribution in [1.82, 2.24) is 10.0 Å². The standard InChI is InChI=1S/C7H14F2N2O2S/c1-5-2-3-10-4-6(5)11-14(12,13)7(8)9/h5-7,10-11H,2-4H2,1H3. The van der Waals surface area contributed by atoms with Gasteiger partial charge in [-0.05, 0) is 18.9 Å². The summed E-state index contributed by atoms with van der Waals surface area (Å²) < 4.78 is 47.8. The van der Waals surface area contributed by atoms with Crippen LogP contribution in [0.25, 0.3) is 0 Å². The lowest BCUT2D eigenvalue weighted by Crippen LogP contribution is -2.51. The molecule has 0 aromatic rings. The van der Waals surface area contributed by atoms with Crippen LogP contribution in [0.4, 0.5) is 8.78 Å². The summed E-state index contributed by atoms with van der Waals surface area (Å²) in [7, 11) is -4.45. The zero-order valence-electron chi connectivity index (χ0n) is 7.83. The number of nitrogens with one attached hydrogen (secondary N) is 2. The van der Waals surface area contributed by atoms with E-state index in [1.165, 1.54) is 0 Å². The molecule has 1 rings (SSSR count). The lowest BCUT2D eigenvalue weighted by molar-refractivity contribution is 0.227. The lowest BCUT2D eigenvalue weighted by atomic mass is 9.96. The fraction of sp³-hybridized carbons (Fsp3) is 1.00. The average molecular weight is 228 g/mol. The Hall–Kier alpha value is -0.270. The second-order valence-electron chi connectivity index (χ2n) is 3.50. The minimum absolute atomic E-state index is 0.0878. The van der Waals surface area contributed by atoms with Gasteiger partial charge >= 0.3 is 5.76 Å². The molecule has 0 amide bonds. The fourth-order valence-electron chi connectivity index (χ4n) is 1.41. The number of sulfonamides is 1. The van der Waals surface area contributed by atoms with Gasteiger partial charge in [-0.15, -0.1) is 0 Å². The smallest absolute Gasteiger partial charge is 0.315 e. The summed E-state index contributed by atoms with van der Waals surface area (Å²) in [4.78, 5) is 0. The van der Waals surface area contributed by atoms with Crippen molar-refractivity contribution in [2.24, 2.45) is 5.92 Å². The summed E-state index contributed by atoms with van der Waals surface area (Å²) >= 11 is 0. The largest absolute Gasteiger partial charge is 0.350 e. The molecule has 1 heterocycles. The van der Waals surface area contributed by atoms with Crippen molar-refractivity contribution in [3.63, 3.8) is 0 Å². The van der Waals surface area contributed by atoms with Crippen LogP contribution in [0.3, 0.4) is 0 Å². The van der Waals surface area contributed by atoms with Crippen LogP contribution in [0.2, 0.25) is 0 Å². The van der Waals surface area contributed by atoms with E-state index in [-0.39, 0.29) is 5.92 Å². The number of hydrogen-bond acceptors (Lipinski definition) is 3. The third-order valence-corrected chi connectivity index (χ3v) is 3.48. The summed E-state index contributed by atoms with van der Waals surface area (Å²) in [5.41, 5.74) is 0. The zero-order valence-corrected chi connectivity index (χ0v) is 8.65. The van der Waals surface area contributed by atoms with Crippen molar-refractivity contribution in [3.8, 4) is 0 Å². The minimum Gasteiger partial charge on any atom is -0.315 e. The van der Waals surface area contributed by atoms with Crippen molar-refractivity contribution in [1.29, 1.82) is 0 Å². The molecule has 0 radical (unpaired) electrons. The molecule has 14 heavy (non-hydrogen) atoms. The van der Waals surface area contributed by atoms with Crippen molar-refractivity contribution in [2.45, 2.75) is 25.1 Å². The monoisotopic (exact) mass is 228 g/mol. The Morgan fingerprint density at radius 3 is 2.64 bits per heavy atom. The SMILES string of the molecule is CC1CCNCC1NS(=O)(=O)C(F)F. The van der Waals surface area contributed by atoms with E-state index < -0.39 is 21.8 Å². The third kappa shape index (κ3) is 2.86. The molecular formula is C7H14F2N2O2S. The van der Waals surface area contributed by atoms with Gasteiger partial charge in [0.15, 0.2) is 0 Å². The summed E-state index contributed by atoms with van der Waals surface area (Å²) in [5.74, 6) is -3.26. The van der Waals surface area contributed by atoms with Gasteiger partial charge in [-0.2, -0.15) is 8.78 Å². The van der Waals surface area contributed by atoms with Crippen LogP contribution in [0.1, 0.15) is 13.3 Å². The molecule has 4 nitrogen and oxygen atoms in total. The Balaban J connectivity index is 2.58. The highest BCUT2D eigenvalue weighted by Gasteiger charge is 2.30. The first-order valence-corrected chi connectivity index (χ1v) is 5.98. The first kappa shape index (κ1) is 11.8. The highest BCUT2D eigenvalue weighted by molar-refractivity contribution is 7.89. The molecule has 0 bridgehead atoms. The van der Waals surface area contributed by atoms with E-state index in [1.807, 2.05) is 11.6 Å². The zero-order chi connectivity index (χ0) is 10.8. The highest BCUT2D eigenvalue weighted by Crippen LogP contribution is 2.14. The Morgan fingerprint density at radius 1 is 1.50 bits per heavy atom. The number of halogens is 2. The van der Waals surface area contributed by atoms with E-state index in [4.69, 9.17) is 0 Å². The first-order chi connectivity index (χ1) is 6.43. The van der Waals surface area contributed by atoms with Crippen LogP contribution in [-0.2, 0) is 10.0 Å². The normalized spacial score (nSPS) is 29.4. The molecule has 1 saturated heterocycles. The van der Waals surface area contributed by atoms with Crippen LogP contribution >= 0.6 is 0 Å². The van der Waals surface area contributed by atoms with Gasteiger partial charge < -0.3 is 5.32 Å². The molecular weight excluding hydrogens is 214 g/mol. The number of piperidine rings is 1. The number of hydrogen-bond donors (Lipinski definition) is 2. The summed E-state index contributed by atoms with van der Waals surface area (Å²) in [6.45, 7) is 3.06.